The fourth-order valence-electron chi connectivity index (χ4n) is 2.89. The maximum atomic E-state index is 12.6. The molecule has 0 spiro atoms. The lowest BCUT2D eigenvalue weighted by Gasteiger charge is -2.20. The molecule has 2 heterocycles. The van der Waals surface area contributed by atoms with Gasteiger partial charge in [0.15, 0.2) is 0 Å². The number of carbonyl (C=O) groups excluding carboxylic acids is 2. The molecule has 0 atom stereocenters. The van der Waals surface area contributed by atoms with Crippen LogP contribution in [-0.2, 0) is 14.1 Å². The number of hydrogen-bond acceptors (Lipinski definition) is 5. The first kappa shape index (κ1) is 21.0. The molecule has 9 nitrogen and oxygen atoms in total. The summed E-state index contributed by atoms with van der Waals surface area (Å²) < 4.78 is 2.21. The fourth-order valence-corrected chi connectivity index (χ4v) is 2.89. The summed E-state index contributed by atoms with van der Waals surface area (Å²) in [5.41, 5.74) is -0.222. The second kappa shape index (κ2) is 7.58. The molecular weight excluding hydrogens is 386 g/mol. The smallest absolute Gasteiger partial charge is 0.332 e. The maximum Gasteiger partial charge on any atom is 0.332 e. The summed E-state index contributed by atoms with van der Waals surface area (Å²) in [5.74, 6) is -0.712. The number of rotatable bonds is 3. The molecule has 9 heteroatoms. The van der Waals surface area contributed by atoms with Crippen molar-refractivity contribution in [2.24, 2.45) is 14.1 Å². The first-order valence-electron chi connectivity index (χ1n) is 9.28. The molecule has 0 unspecified atom stereocenters. The molecule has 3 aromatic rings. The van der Waals surface area contributed by atoms with Gasteiger partial charge in [0.2, 0.25) is 0 Å². The van der Waals surface area contributed by atoms with Crippen LogP contribution in [0.5, 0.6) is 0 Å². The number of benzene rings is 1. The Balaban J connectivity index is 1.84. The van der Waals surface area contributed by atoms with Gasteiger partial charge in [-0.3, -0.25) is 23.5 Å². The lowest BCUT2D eigenvalue weighted by Crippen LogP contribution is -2.40. The molecule has 2 aromatic heterocycles. The number of aromatic nitrogens is 3. The van der Waals surface area contributed by atoms with Crippen LogP contribution in [0, 0.1) is 0 Å². The van der Waals surface area contributed by atoms with Crippen molar-refractivity contribution < 1.29 is 9.59 Å². The second-order valence-electron chi connectivity index (χ2n) is 8.01. The minimum absolute atomic E-state index is 0.0558. The highest BCUT2D eigenvalue weighted by Crippen LogP contribution is 2.13. The number of hydrogen-bond donors (Lipinski definition) is 2. The molecule has 156 valence electrons. The number of nitrogens with zero attached hydrogens (tertiary/aromatic N) is 3. The molecule has 0 radical (unpaired) electrons. The number of anilines is 1. The van der Waals surface area contributed by atoms with Gasteiger partial charge in [0.1, 0.15) is 11.3 Å². The van der Waals surface area contributed by atoms with Gasteiger partial charge >= 0.3 is 5.69 Å². The normalized spacial score (nSPS) is 11.4. The van der Waals surface area contributed by atoms with Gasteiger partial charge in [-0.15, -0.1) is 0 Å². The van der Waals surface area contributed by atoms with E-state index in [9.17, 15) is 19.2 Å². The number of amides is 2. The van der Waals surface area contributed by atoms with E-state index in [1.54, 1.807) is 24.3 Å². The van der Waals surface area contributed by atoms with Crippen LogP contribution in [0.2, 0.25) is 0 Å². The zero-order valence-electron chi connectivity index (χ0n) is 17.4. The molecular formula is C21H23N5O4. The van der Waals surface area contributed by atoms with E-state index in [0.29, 0.717) is 11.3 Å². The molecule has 2 amide bonds. The largest absolute Gasteiger partial charge is 0.347 e. The first-order valence-corrected chi connectivity index (χ1v) is 9.28. The zero-order valence-corrected chi connectivity index (χ0v) is 17.4. The van der Waals surface area contributed by atoms with Crippen LogP contribution < -0.4 is 21.9 Å². The van der Waals surface area contributed by atoms with Gasteiger partial charge in [0.25, 0.3) is 17.4 Å². The number of carbonyl (C=O) groups is 2. The average molecular weight is 409 g/mol. The first-order chi connectivity index (χ1) is 14.0. The van der Waals surface area contributed by atoms with Crippen molar-refractivity contribution >= 4 is 28.5 Å². The Morgan fingerprint density at radius 2 is 1.53 bits per heavy atom. The van der Waals surface area contributed by atoms with Crippen molar-refractivity contribution in [1.29, 1.82) is 0 Å². The third-order valence-corrected chi connectivity index (χ3v) is 4.43. The Hall–Kier alpha value is -3.75. The molecule has 1 aromatic carbocycles. The van der Waals surface area contributed by atoms with Crippen LogP contribution in [0.15, 0.2) is 46.0 Å². The number of aryl methyl sites for hydroxylation is 1. The van der Waals surface area contributed by atoms with E-state index in [4.69, 9.17) is 0 Å². The molecule has 0 bridgehead atoms. The zero-order chi connectivity index (χ0) is 22.2. The SMILES string of the molecule is Cn1c(=O)c2ccc(C(=O)Nc3ccc(C(=O)NC(C)(C)C)cc3)nc2n(C)c1=O. The van der Waals surface area contributed by atoms with Crippen molar-refractivity contribution in [2.75, 3.05) is 5.32 Å². The van der Waals surface area contributed by atoms with E-state index in [1.807, 2.05) is 20.8 Å². The van der Waals surface area contributed by atoms with Crippen molar-refractivity contribution in [1.82, 2.24) is 19.4 Å². The van der Waals surface area contributed by atoms with Crippen LogP contribution in [0.3, 0.4) is 0 Å². The Bertz CT molecular complexity index is 1260. The summed E-state index contributed by atoms with van der Waals surface area (Å²) in [6.45, 7) is 5.67. The minimum Gasteiger partial charge on any atom is -0.347 e. The molecule has 0 aliphatic carbocycles. The Morgan fingerprint density at radius 1 is 0.900 bits per heavy atom. The summed E-state index contributed by atoms with van der Waals surface area (Å²) in [6.07, 6.45) is 0. The number of fused-ring (bicyclic) bond motifs is 1. The average Bonchev–Trinajstić information content (AvgIpc) is 2.69. The lowest BCUT2D eigenvalue weighted by atomic mass is 10.1. The Morgan fingerprint density at radius 3 is 2.13 bits per heavy atom. The predicted octanol–water partition coefficient (Wildman–Crippen LogP) is 1.41. The van der Waals surface area contributed by atoms with Gasteiger partial charge in [-0.2, -0.15) is 0 Å². The van der Waals surface area contributed by atoms with Gasteiger partial charge in [0.05, 0.1) is 5.39 Å². The summed E-state index contributed by atoms with van der Waals surface area (Å²) in [4.78, 5) is 53.3. The molecule has 3 rings (SSSR count). The van der Waals surface area contributed by atoms with E-state index < -0.39 is 17.2 Å². The van der Waals surface area contributed by atoms with Crippen molar-refractivity contribution in [2.45, 2.75) is 26.3 Å². The van der Waals surface area contributed by atoms with Crippen molar-refractivity contribution in [3.8, 4) is 0 Å². The van der Waals surface area contributed by atoms with Crippen LogP contribution in [0.4, 0.5) is 5.69 Å². The van der Waals surface area contributed by atoms with E-state index >= 15 is 0 Å². The third-order valence-electron chi connectivity index (χ3n) is 4.43. The van der Waals surface area contributed by atoms with E-state index in [1.165, 1.54) is 30.8 Å². The molecule has 0 saturated carbocycles. The maximum absolute atomic E-state index is 12.6. The Kier molecular flexibility index (Phi) is 5.30. The minimum atomic E-state index is -0.526. The van der Waals surface area contributed by atoms with Gasteiger partial charge in [-0.25, -0.2) is 9.78 Å². The lowest BCUT2D eigenvalue weighted by molar-refractivity contribution is 0.0919. The standard InChI is InChI=1S/C21H23N5O4/c1-21(2,3)24-17(27)12-6-8-13(9-7-12)22-18(28)15-11-10-14-16(23-15)25(4)20(30)26(5)19(14)29/h6-11H,1-5H3,(H,22,28)(H,24,27). The van der Waals surface area contributed by atoms with Gasteiger partial charge in [-0.05, 0) is 57.2 Å². The topological polar surface area (TPSA) is 115 Å². The highest BCUT2D eigenvalue weighted by molar-refractivity contribution is 6.04. The monoisotopic (exact) mass is 409 g/mol. The van der Waals surface area contributed by atoms with Crippen molar-refractivity contribution in [3.63, 3.8) is 0 Å². The van der Waals surface area contributed by atoms with Crippen LogP contribution >= 0.6 is 0 Å². The van der Waals surface area contributed by atoms with Crippen LogP contribution in [-0.4, -0.2) is 31.5 Å². The van der Waals surface area contributed by atoms with Gasteiger partial charge < -0.3 is 10.6 Å². The fraction of sp³-hybridized carbons (Fsp3) is 0.286. The van der Waals surface area contributed by atoms with Crippen molar-refractivity contribution in [3.05, 3.63) is 68.5 Å². The quantitative estimate of drug-likeness (QED) is 0.679. The molecule has 0 aliphatic heterocycles. The highest BCUT2D eigenvalue weighted by Gasteiger charge is 2.16. The summed E-state index contributed by atoms with van der Waals surface area (Å²) in [6, 6.07) is 9.34. The van der Waals surface area contributed by atoms with E-state index in [0.717, 1.165) is 4.57 Å². The molecule has 0 saturated heterocycles. The van der Waals surface area contributed by atoms with Gasteiger partial charge in [-0.1, -0.05) is 0 Å². The van der Waals surface area contributed by atoms with E-state index in [2.05, 4.69) is 15.6 Å². The number of nitrogens with one attached hydrogen (secondary N) is 2. The molecule has 0 fully saturated rings. The summed E-state index contributed by atoms with van der Waals surface area (Å²) >= 11 is 0. The number of pyridine rings is 1. The highest BCUT2D eigenvalue weighted by atomic mass is 16.2. The molecule has 2 N–H and O–H groups in total. The van der Waals surface area contributed by atoms with Crippen LogP contribution in [0.1, 0.15) is 41.6 Å². The third kappa shape index (κ3) is 4.14. The van der Waals surface area contributed by atoms with Gasteiger partial charge in [0, 0.05) is 30.9 Å². The molecule has 30 heavy (non-hydrogen) atoms. The Labute approximate surface area is 172 Å². The summed E-state index contributed by atoms with van der Waals surface area (Å²) in [5, 5.41) is 5.80. The van der Waals surface area contributed by atoms with Crippen LogP contribution in [0.25, 0.3) is 11.0 Å². The molecule has 0 aliphatic rings. The van der Waals surface area contributed by atoms with E-state index in [-0.39, 0.29) is 28.2 Å². The predicted molar refractivity (Wildman–Crippen MR) is 114 cm³/mol. The summed E-state index contributed by atoms with van der Waals surface area (Å²) in [7, 11) is 2.87. The second-order valence-corrected chi connectivity index (χ2v) is 8.01.